The number of hydrogen-bond acceptors (Lipinski definition) is 2. The quantitative estimate of drug-likeness (QED) is 0.864. The van der Waals surface area contributed by atoms with Gasteiger partial charge in [-0.15, -0.1) is 0 Å². The summed E-state index contributed by atoms with van der Waals surface area (Å²) in [5, 5.41) is 0. The Kier molecular flexibility index (Phi) is 3.34. The first-order valence-corrected chi connectivity index (χ1v) is 6.64. The summed E-state index contributed by atoms with van der Waals surface area (Å²) in [6.07, 6.45) is 4.83. The summed E-state index contributed by atoms with van der Waals surface area (Å²) >= 11 is 0. The number of halogens is 2. The van der Waals surface area contributed by atoms with Crippen molar-refractivity contribution in [3.05, 3.63) is 63.8 Å². The van der Waals surface area contributed by atoms with E-state index in [1.165, 1.54) is 23.4 Å². The van der Waals surface area contributed by atoms with E-state index in [1.807, 2.05) is 0 Å². The van der Waals surface area contributed by atoms with Crippen LogP contribution in [0.15, 0.2) is 35.4 Å². The maximum Gasteiger partial charge on any atom is 0.253 e. The van der Waals surface area contributed by atoms with Crippen LogP contribution in [-0.2, 0) is 6.54 Å². The molecule has 0 radical (unpaired) electrons. The fourth-order valence-corrected chi connectivity index (χ4v) is 2.32. The van der Waals surface area contributed by atoms with E-state index in [0.717, 1.165) is 30.7 Å². The van der Waals surface area contributed by atoms with E-state index >= 15 is 0 Å². The lowest BCUT2D eigenvalue weighted by molar-refractivity contribution is 0.409. The molecule has 0 unspecified atom stereocenters. The highest BCUT2D eigenvalue weighted by Gasteiger charge is 2.21. The molecule has 1 aliphatic rings. The molecule has 0 aliphatic heterocycles. The van der Waals surface area contributed by atoms with Crippen molar-refractivity contribution >= 4 is 0 Å². The molecule has 0 atom stereocenters. The molecule has 1 heterocycles. The van der Waals surface area contributed by atoms with Crippen molar-refractivity contribution in [3.63, 3.8) is 0 Å². The maximum atomic E-state index is 13.1. The topological polar surface area (TPSA) is 34.9 Å². The molecule has 0 saturated heterocycles. The van der Waals surface area contributed by atoms with Crippen LogP contribution in [0.1, 0.15) is 36.4 Å². The van der Waals surface area contributed by atoms with Gasteiger partial charge in [-0.25, -0.2) is 13.8 Å². The molecule has 0 bridgehead atoms. The van der Waals surface area contributed by atoms with Crippen LogP contribution < -0.4 is 5.56 Å². The van der Waals surface area contributed by atoms with Crippen molar-refractivity contribution in [1.29, 1.82) is 0 Å². The predicted octanol–water partition coefficient (Wildman–Crippen LogP) is 2.84. The monoisotopic (exact) mass is 276 g/mol. The molecule has 3 nitrogen and oxygen atoms in total. The van der Waals surface area contributed by atoms with Gasteiger partial charge in [-0.2, -0.15) is 0 Å². The van der Waals surface area contributed by atoms with E-state index in [2.05, 4.69) is 4.98 Å². The third kappa shape index (κ3) is 2.48. The van der Waals surface area contributed by atoms with Gasteiger partial charge in [0, 0.05) is 12.0 Å². The Balaban J connectivity index is 1.83. The van der Waals surface area contributed by atoms with Crippen LogP contribution in [0, 0.1) is 11.6 Å². The van der Waals surface area contributed by atoms with Gasteiger partial charge in [-0.3, -0.25) is 9.36 Å². The first kappa shape index (κ1) is 13.0. The molecule has 3 rings (SSSR count). The highest BCUT2D eigenvalue weighted by molar-refractivity contribution is 5.18. The van der Waals surface area contributed by atoms with Gasteiger partial charge in [-0.1, -0.05) is 12.5 Å². The molecule has 1 aromatic heterocycles. The summed E-state index contributed by atoms with van der Waals surface area (Å²) in [7, 11) is 0. The Morgan fingerprint density at radius 2 is 2.00 bits per heavy atom. The second-order valence-electron chi connectivity index (χ2n) is 5.16. The zero-order valence-electron chi connectivity index (χ0n) is 10.9. The minimum atomic E-state index is -0.908. The summed E-state index contributed by atoms with van der Waals surface area (Å²) in [6.45, 7) is 0.188. The summed E-state index contributed by atoms with van der Waals surface area (Å²) in [5.41, 5.74) is 1.21. The Morgan fingerprint density at radius 1 is 1.20 bits per heavy atom. The van der Waals surface area contributed by atoms with E-state index in [9.17, 15) is 13.6 Å². The number of nitrogens with zero attached hydrogens (tertiary/aromatic N) is 2. The molecule has 1 fully saturated rings. The highest BCUT2D eigenvalue weighted by atomic mass is 19.2. The van der Waals surface area contributed by atoms with Gasteiger partial charge in [0.2, 0.25) is 0 Å². The zero-order chi connectivity index (χ0) is 14.1. The molecule has 0 amide bonds. The summed E-state index contributed by atoms with van der Waals surface area (Å²) in [4.78, 5) is 16.3. The number of rotatable bonds is 3. The molecule has 5 heteroatoms. The predicted molar refractivity (Wildman–Crippen MR) is 70.5 cm³/mol. The van der Waals surface area contributed by atoms with Crippen LogP contribution in [0.3, 0.4) is 0 Å². The SMILES string of the molecule is O=c1cc(C2CCC2)ncn1Cc1ccc(F)c(F)c1. The van der Waals surface area contributed by atoms with Crippen molar-refractivity contribution in [2.45, 2.75) is 31.7 Å². The lowest BCUT2D eigenvalue weighted by Gasteiger charge is -2.24. The molecule has 1 aromatic carbocycles. The van der Waals surface area contributed by atoms with Crippen LogP contribution in [0.5, 0.6) is 0 Å². The van der Waals surface area contributed by atoms with Crippen molar-refractivity contribution in [1.82, 2.24) is 9.55 Å². The molecule has 20 heavy (non-hydrogen) atoms. The van der Waals surface area contributed by atoms with Crippen LogP contribution in [0.4, 0.5) is 8.78 Å². The van der Waals surface area contributed by atoms with E-state index in [-0.39, 0.29) is 12.1 Å². The van der Waals surface area contributed by atoms with Gasteiger partial charge in [0.1, 0.15) is 0 Å². The first-order valence-electron chi connectivity index (χ1n) is 6.64. The highest BCUT2D eigenvalue weighted by Crippen LogP contribution is 2.34. The summed E-state index contributed by atoms with van der Waals surface area (Å²) in [6, 6.07) is 5.17. The standard InChI is InChI=1S/C15H14F2N2O/c16-12-5-4-10(6-13(12)17)8-19-9-18-14(7-15(19)20)11-2-1-3-11/h4-7,9,11H,1-3,8H2. The third-order valence-electron chi connectivity index (χ3n) is 3.76. The fourth-order valence-electron chi connectivity index (χ4n) is 2.32. The largest absolute Gasteiger partial charge is 0.295 e. The van der Waals surface area contributed by atoms with E-state index in [4.69, 9.17) is 0 Å². The van der Waals surface area contributed by atoms with Gasteiger partial charge in [-0.05, 0) is 30.5 Å². The Morgan fingerprint density at radius 3 is 2.60 bits per heavy atom. The third-order valence-corrected chi connectivity index (χ3v) is 3.76. The maximum absolute atomic E-state index is 13.1. The average Bonchev–Trinajstić information content (AvgIpc) is 2.35. The number of aromatic nitrogens is 2. The molecular formula is C15H14F2N2O. The number of hydrogen-bond donors (Lipinski definition) is 0. The van der Waals surface area contributed by atoms with E-state index in [0.29, 0.717) is 11.5 Å². The molecule has 0 N–H and O–H groups in total. The fraction of sp³-hybridized carbons (Fsp3) is 0.333. The Hall–Kier alpha value is -2.04. The minimum Gasteiger partial charge on any atom is -0.295 e. The molecule has 1 saturated carbocycles. The van der Waals surface area contributed by atoms with Gasteiger partial charge < -0.3 is 0 Å². The lowest BCUT2D eigenvalue weighted by atomic mass is 9.83. The molecular weight excluding hydrogens is 262 g/mol. The Labute approximate surface area is 114 Å². The number of benzene rings is 1. The van der Waals surface area contributed by atoms with Gasteiger partial charge >= 0.3 is 0 Å². The van der Waals surface area contributed by atoms with Crippen LogP contribution >= 0.6 is 0 Å². The van der Waals surface area contributed by atoms with E-state index in [1.54, 1.807) is 6.07 Å². The van der Waals surface area contributed by atoms with Gasteiger partial charge in [0.15, 0.2) is 11.6 Å². The summed E-state index contributed by atoms with van der Waals surface area (Å²) in [5.74, 6) is -1.39. The first-order chi connectivity index (χ1) is 9.63. The van der Waals surface area contributed by atoms with Gasteiger partial charge in [0.05, 0.1) is 18.6 Å². The lowest BCUT2D eigenvalue weighted by Crippen LogP contribution is -2.23. The van der Waals surface area contributed by atoms with Crippen LogP contribution in [0.25, 0.3) is 0 Å². The van der Waals surface area contributed by atoms with Crippen molar-refractivity contribution in [2.24, 2.45) is 0 Å². The smallest absolute Gasteiger partial charge is 0.253 e. The van der Waals surface area contributed by atoms with Crippen molar-refractivity contribution in [3.8, 4) is 0 Å². The molecule has 1 aliphatic carbocycles. The molecule has 0 spiro atoms. The Bertz CT molecular complexity index is 693. The average molecular weight is 276 g/mol. The van der Waals surface area contributed by atoms with Crippen molar-refractivity contribution < 1.29 is 8.78 Å². The minimum absolute atomic E-state index is 0.161. The van der Waals surface area contributed by atoms with Crippen LogP contribution in [-0.4, -0.2) is 9.55 Å². The second kappa shape index (κ2) is 5.15. The summed E-state index contributed by atoms with van der Waals surface area (Å²) < 4.78 is 27.4. The zero-order valence-corrected chi connectivity index (χ0v) is 10.9. The van der Waals surface area contributed by atoms with E-state index < -0.39 is 11.6 Å². The van der Waals surface area contributed by atoms with Crippen molar-refractivity contribution in [2.75, 3.05) is 0 Å². The molecule has 104 valence electrons. The second-order valence-corrected chi connectivity index (χ2v) is 5.16. The molecule has 2 aromatic rings. The normalized spacial score (nSPS) is 15.1. The van der Waals surface area contributed by atoms with Gasteiger partial charge in [0.25, 0.3) is 5.56 Å². The van der Waals surface area contributed by atoms with Crippen LogP contribution in [0.2, 0.25) is 0 Å².